The molecule has 1 amide bonds. The van der Waals surface area contributed by atoms with E-state index in [-0.39, 0.29) is 17.4 Å². The Hall–Kier alpha value is -2.54. The summed E-state index contributed by atoms with van der Waals surface area (Å²) in [7, 11) is 0. The van der Waals surface area contributed by atoms with Gasteiger partial charge in [-0.05, 0) is 51.0 Å². The number of rotatable bonds is 4. The number of benzene rings is 1. The first kappa shape index (κ1) is 17.3. The van der Waals surface area contributed by atoms with Crippen LogP contribution < -0.4 is 5.32 Å². The van der Waals surface area contributed by atoms with Crippen molar-refractivity contribution >= 4 is 29.0 Å². The van der Waals surface area contributed by atoms with Crippen LogP contribution in [0.15, 0.2) is 18.2 Å². The number of nitrogens with zero attached hydrogens (tertiary/aromatic N) is 4. The van der Waals surface area contributed by atoms with Gasteiger partial charge in [0, 0.05) is 23.5 Å². The van der Waals surface area contributed by atoms with Gasteiger partial charge in [0.1, 0.15) is 11.6 Å². The molecule has 8 heteroatoms. The normalized spacial score (nSPS) is 11.1. The number of hydrogen-bond donors (Lipinski definition) is 1. The Kier molecular flexibility index (Phi) is 4.67. The summed E-state index contributed by atoms with van der Waals surface area (Å²) in [5.41, 5.74) is 3.17. The Morgan fingerprint density at radius 1 is 1.28 bits per heavy atom. The van der Waals surface area contributed by atoms with E-state index in [1.807, 2.05) is 20.8 Å². The maximum absolute atomic E-state index is 13.2. The van der Waals surface area contributed by atoms with E-state index >= 15 is 0 Å². The quantitative estimate of drug-likeness (QED) is 0.772. The summed E-state index contributed by atoms with van der Waals surface area (Å²) < 4.78 is 14.8. The van der Waals surface area contributed by atoms with Gasteiger partial charge in [0.25, 0.3) is 5.78 Å². The predicted molar refractivity (Wildman–Crippen MR) is 93.4 cm³/mol. The van der Waals surface area contributed by atoms with E-state index in [0.717, 1.165) is 17.0 Å². The van der Waals surface area contributed by atoms with E-state index in [0.29, 0.717) is 23.7 Å². The molecular formula is C17H17ClFN5O. The number of anilines is 1. The third-order valence-corrected chi connectivity index (χ3v) is 4.25. The van der Waals surface area contributed by atoms with E-state index in [1.165, 1.54) is 18.2 Å². The summed E-state index contributed by atoms with van der Waals surface area (Å²) in [5.74, 6) is 0.504. The smallest absolute Gasteiger partial charge is 0.252 e. The molecule has 0 unspecified atom stereocenters. The molecule has 0 saturated carbocycles. The highest BCUT2D eigenvalue weighted by Gasteiger charge is 2.14. The molecule has 1 N–H and O–H groups in total. The molecule has 3 rings (SSSR count). The van der Waals surface area contributed by atoms with Crippen LogP contribution in [0, 0.1) is 26.6 Å². The minimum absolute atomic E-state index is 0.0271. The van der Waals surface area contributed by atoms with Crippen LogP contribution in [0.4, 0.5) is 10.1 Å². The zero-order valence-corrected chi connectivity index (χ0v) is 14.9. The van der Waals surface area contributed by atoms with Crippen molar-refractivity contribution in [2.24, 2.45) is 0 Å². The van der Waals surface area contributed by atoms with Crippen LogP contribution in [-0.4, -0.2) is 25.5 Å². The number of carbonyl (C=O) groups is 1. The Morgan fingerprint density at radius 3 is 2.76 bits per heavy atom. The fraction of sp³-hybridized carbons (Fsp3) is 0.294. The predicted octanol–water partition coefficient (Wildman–Crippen LogP) is 3.41. The van der Waals surface area contributed by atoms with Gasteiger partial charge in [0.15, 0.2) is 0 Å². The SMILES string of the molecule is Cc1nc2nc(C)c(CCC(=O)Nc3ccc(F)c(Cl)c3)c(C)n2n1. The van der Waals surface area contributed by atoms with Crippen LogP contribution in [0.25, 0.3) is 5.78 Å². The first-order valence-electron chi connectivity index (χ1n) is 7.79. The van der Waals surface area contributed by atoms with Gasteiger partial charge in [-0.15, -0.1) is 0 Å². The topological polar surface area (TPSA) is 72.2 Å². The Morgan fingerprint density at radius 2 is 2.04 bits per heavy atom. The lowest BCUT2D eigenvalue weighted by atomic mass is 10.1. The molecule has 0 aliphatic rings. The van der Waals surface area contributed by atoms with E-state index in [1.54, 1.807) is 4.52 Å². The molecule has 0 fully saturated rings. The van der Waals surface area contributed by atoms with Crippen LogP contribution >= 0.6 is 11.6 Å². The Labute approximate surface area is 149 Å². The number of amides is 1. The van der Waals surface area contributed by atoms with E-state index in [9.17, 15) is 9.18 Å². The standard InChI is InChI=1S/C17H17ClFN5O/c1-9-13(10(2)24-17(20-9)21-11(3)23-24)5-7-16(25)22-12-4-6-15(19)14(18)8-12/h4,6,8H,5,7H2,1-3H3,(H,22,25). The summed E-state index contributed by atoms with van der Waals surface area (Å²) in [6, 6.07) is 4.08. The third kappa shape index (κ3) is 3.61. The molecule has 0 aliphatic carbocycles. The van der Waals surface area contributed by atoms with Crippen LogP contribution in [-0.2, 0) is 11.2 Å². The van der Waals surface area contributed by atoms with E-state index in [4.69, 9.17) is 11.6 Å². The second-order valence-electron chi connectivity index (χ2n) is 5.81. The fourth-order valence-electron chi connectivity index (χ4n) is 2.71. The zero-order chi connectivity index (χ0) is 18.1. The number of hydrogen-bond acceptors (Lipinski definition) is 4. The lowest BCUT2D eigenvalue weighted by Crippen LogP contribution is -2.14. The van der Waals surface area contributed by atoms with Crippen LogP contribution in [0.3, 0.4) is 0 Å². The molecule has 6 nitrogen and oxygen atoms in total. The van der Waals surface area contributed by atoms with Gasteiger partial charge in [-0.25, -0.2) is 13.9 Å². The third-order valence-electron chi connectivity index (χ3n) is 3.96. The molecule has 0 bridgehead atoms. The van der Waals surface area contributed by atoms with Gasteiger partial charge >= 0.3 is 0 Å². The molecule has 0 atom stereocenters. The molecule has 0 radical (unpaired) electrons. The number of aromatic nitrogens is 4. The van der Waals surface area contributed by atoms with Crippen LogP contribution in [0.5, 0.6) is 0 Å². The molecule has 25 heavy (non-hydrogen) atoms. The van der Waals surface area contributed by atoms with Gasteiger partial charge < -0.3 is 5.32 Å². The summed E-state index contributed by atoms with van der Waals surface area (Å²) in [6.07, 6.45) is 0.776. The lowest BCUT2D eigenvalue weighted by Gasteiger charge is -2.10. The lowest BCUT2D eigenvalue weighted by molar-refractivity contribution is -0.116. The fourth-order valence-corrected chi connectivity index (χ4v) is 2.89. The van der Waals surface area contributed by atoms with Gasteiger partial charge in [0.05, 0.1) is 5.02 Å². The minimum atomic E-state index is -0.520. The average Bonchev–Trinajstić information content (AvgIpc) is 2.91. The number of aryl methyl sites for hydroxylation is 3. The van der Waals surface area contributed by atoms with Gasteiger partial charge in [-0.1, -0.05) is 11.6 Å². The van der Waals surface area contributed by atoms with Crippen molar-refractivity contribution in [3.63, 3.8) is 0 Å². The van der Waals surface area contributed by atoms with Gasteiger partial charge in [-0.3, -0.25) is 4.79 Å². The molecule has 130 valence electrons. The number of fused-ring (bicyclic) bond motifs is 1. The van der Waals surface area contributed by atoms with Crippen LogP contribution in [0.2, 0.25) is 5.02 Å². The van der Waals surface area contributed by atoms with Crippen molar-refractivity contribution in [1.82, 2.24) is 19.6 Å². The molecule has 1 aromatic carbocycles. The molecule has 0 spiro atoms. The van der Waals surface area contributed by atoms with Crippen molar-refractivity contribution < 1.29 is 9.18 Å². The summed E-state index contributed by atoms with van der Waals surface area (Å²) in [5, 5.41) is 7.01. The van der Waals surface area contributed by atoms with Crippen molar-refractivity contribution in [3.8, 4) is 0 Å². The second kappa shape index (κ2) is 6.76. The maximum Gasteiger partial charge on any atom is 0.252 e. The number of carbonyl (C=O) groups excluding carboxylic acids is 1. The van der Waals surface area contributed by atoms with Crippen molar-refractivity contribution in [2.45, 2.75) is 33.6 Å². The molecule has 2 heterocycles. The summed E-state index contributed by atoms with van der Waals surface area (Å²) >= 11 is 5.72. The minimum Gasteiger partial charge on any atom is -0.326 e. The van der Waals surface area contributed by atoms with Crippen molar-refractivity contribution in [3.05, 3.63) is 51.8 Å². The second-order valence-corrected chi connectivity index (χ2v) is 6.22. The summed E-state index contributed by atoms with van der Waals surface area (Å²) in [4.78, 5) is 20.9. The van der Waals surface area contributed by atoms with E-state index in [2.05, 4.69) is 20.4 Å². The maximum atomic E-state index is 13.2. The van der Waals surface area contributed by atoms with E-state index < -0.39 is 5.82 Å². The molecule has 0 aliphatic heterocycles. The molecule has 2 aromatic heterocycles. The Bertz CT molecular complexity index is 969. The largest absolute Gasteiger partial charge is 0.326 e. The van der Waals surface area contributed by atoms with Crippen LogP contribution in [0.1, 0.15) is 29.2 Å². The van der Waals surface area contributed by atoms with Gasteiger partial charge in [-0.2, -0.15) is 10.1 Å². The Balaban J connectivity index is 1.73. The highest BCUT2D eigenvalue weighted by molar-refractivity contribution is 6.31. The monoisotopic (exact) mass is 361 g/mol. The van der Waals surface area contributed by atoms with Crippen molar-refractivity contribution in [2.75, 3.05) is 5.32 Å². The molecule has 3 aromatic rings. The molecule has 0 saturated heterocycles. The average molecular weight is 362 g/mol. The first-order valence-corrected chi connectivity index (χ1v) is 8.17. The number of halogens is 2. The highest BCUT2D eigenvalue weighted by Crippen LogP contribution is 2.20. The van der Waals surface area contributed by atoms with Gasteiger partial charge in [0.2, 0.25) is 5.91 Å². The first-order chi connectivity index (χ1) is 11.8. The number of nitrogens with one attached hydrogen (secondary N) is 1. The van der Waals surface area contributed by atoms with Crippen molar-refractivity contribution in [1.29, 1.82) is 0 Å². The zero-order valence-electron chi connectivity index (χ0n) is 14.1. The summed E-state index contributed by atoms with van der Waals surface area (Å²) in [6.45, 7) is 5.64. The highest BCUT2D eigenvalue weighted by atomic mass is 35.5. The molecular weight excluding hydrogens is 345 g/mol.